The quantitative estimate of drug-likeness (QED) is 0.0743. The van der Waals surface area contributed by atoms with Crippen molar-refractivity contribution in [1.82, 2.24) is 35.6 Å². The van der Waals surface area contributed by atoms with E-state index in [1.807, 2.05) is 109 Å². The van der Waals surface area contributed by atoms with E-state index in [4.69, 9.17) is 4.74 Å². The Kier molecular flexibility index (Phi) is 11.4. The van der Waals surface area contributed by atoms with E-state index in [0.717, 1.165) is 54.9 Å². The zero-order chi connectivity index (χ0) is 38.9. The molecule has 0 saturated carbocycles. The Bertz CT molecular complexity index is 2520. The van der Waals surface area contributed by atoms with Crippen LogP contribution in [0.5, 0.6) is 5.88 Å². The van der Waals surface area contributed by atoms with Crippen LogP contribution in [0.15, 0.2) is 138 Å². The number of alkyl carbamates (subject to hydrolysis) is 1. The molecule has 3 heterocycles. The molecule has 4 aromatic carbocycles. The number of fused-ring (bicyclic) bond motifs is 2. The highest BCUT2D eigenvalue weighted by atomic mass is 16.5. The minimum atomic E-state index is -1.13. The number of carbonyl (C=O) groups is 3. The summed E-state index contributed by atoms with van der Waals surface area (Å²) in [6, 6.07) is 30.8. The Morgan fingerprint density at radius 3 is 1.82 bits per heavy atom. The van der Waals surface area contributed by atoms with Crippen LogP contribution in [-0.2, 0) is 40.2 Å². The molecule has 284 valence electrons. The van der Waals surface area contributed by atoms with Crippen LogP contribution in [0.1, 0.15) is 22.3 Å². The second-order valence-corrected chi connectivity index (χ2v) is 13.3. The Balaban J connectivity index is 1.17. The first kappa shape index (κ1) is 37.0. The van der Waals surface area contributed by atoms with Crippen LogP contribution >= 0.6 is 0 Å². The van der Waals surface area contributed by atoms with Gasteiger partial charge in [0.25, 0.3) is 0 Å². The van der Waals surface area contributed by atoms with Gasteiger partial charge in [-0.25, -0.2) is 9.59 Å². The number of carbonyl (C=O) groups excluding carboxylic acids is 3. The van der Waals surface area contributed by atoms with Crippen LogP contribution in [0.25, 0.3) is 21.8 Å². The van der Waals surface area contributed by atoms with Gasteiger partial charge >= 0.3 is 11.8 Å². The molecule has 0 aliphatic heterocycles. The molecular formula is C42H40N8O6. The maximum absolute atomic E-state index is 14.4. The highest BCUT2D eigenvalue weighted by Crippen LogP contribution is 2.21. The highest BCUT2D eigenvalue weighted by molar-refractivity contribution is 5.94. The second kappa shape index (κ2) is 17.2. The van der Waals surface area contributed by atoms with Gasteiger partial charge in [0.15, 0.2) is 0 Å². The van der Waals surface area contributed by atoms with Crippen LogP contribution in [0.2, 0.25) is 0 Å². The van der Waals surface area contributed by atoms with E-state index in [1.165, 1.54) is 6.21 Å². The number of aromatic amines is 3. The molecular weight excluding hydrogens is 713 g/mol. The summed E-state index contributed by atoms with van der Waals surface area (Å²) in [7, 11) is 0. The summed E-state index contributed by atoms with van der Waals surface area (Å²) in [6.45, 7) is -0.00144. The number of H-pyrrole nitrogens is 3. The van der Waals surface area contributed by atoms with E-state index < -0.39 is 41.7 Å². The third-order valence-corrected chi connectivity index (χ3v) is 9.34. The number of amides is 3. The van der Waals surface area contributed by atoms with Crippen molar-refractivity contribution in [2.45, 2.75) is 44.0 Å². The number of hydrogen-bond donors (Lipinski definition) is 7. The van der Waals surface area contributed by atoms with Gasteiger partial charge in [-0.15, -0.1) is 0 Å². The predicted molar refractivity (Wildman–Crippen MR) is 212 cm³/mol. The molecule has 0 radical (unpaired) electrons. The monoisotopic (exact) mass is 752 g/mol. The third-order valence-electron chi connectivity index (χ3n) is 9.34. The summed E-state index contributed by atoms with van der Waals surface area (Å²) < 4.78 is 6.43. The van der Waals surface area contributed by atoms with Crippen molar-refractivity contribution in [3.05, 3.63) is 161 Å². The number of hydrogen-bond acceptors (Lipinski definition) is 7. The molecule has 0 bridgehead atoms. The fraction of sp³-hybridized carbons (Fsp3) is 0.167. The van der Waals surface area contributed by atoms with Gasteiger partial charge in [0.2, 0.25) is 17.7 Å². The summed E-state index contributed by atoms with van der Waals surface area (Å²) >= 11 is 0. The fourth-order valence-corrected chi connectivity index (χ4v) is 6.54. The third kappa shape index (κ3) is 9.23. The molecule has 0 aliphatic rings. The molecule has 0 saturated heterocycles. The summed E-state index contributed by atoms with van der Waals surface area (Å²) in [5.74, 6) is -1.50. The normalized spacial score (nSPS) is 13.0. The molecule has 3 unspecified atom stereocenters. The number of aromatic nitrogens is 4. The number of nitrogens with one attached hydrogen (secondary N) is 6. The first-order chi connectivity index (χ1) is 27.3. The zero-order valence-corrected chi connectivity index (χ0v) is 30.1. The molecule has 0 spiro atoms. The van der Waals surface area contributed by atoms with Crippen LogP contribution in [0.4, 0.5) is 4.79 Å². The van der Waals surface area contributed by atoms with Gasteiger partial charge in [-0.3, -0.25) is 14.6 Å². The molecule has 7 aromatic rings. The van der Waals surface area contributed by atoms with E-state index in [9.17, 15) is 24.3 Å². The second-order valence-electron chi connectivity index (χ2n) is 13.3. The lowest BCUT2D eigenvalue weighted by atomic mass is 10.0. The van der Waals surface area contributed by atoms with Crippen molar-refractivity contribution >= 4 is 45.9 Å². The Morgan fingerprint density at radius 2 is 1.23 bits per heavy atom. The van der Waals surface area contributed by atoms with Gasteiger partial charge in [0.05, 0.1) is 12.2 Å². The standard InChI is InChI=1S/C42H40N8O6/c51-38-25-50(41(54)49-38)45-24-31(19-27-11-3-1-4-12-27)46-39(52)36(20-29-22-43-34-17-9-7-15-32(29)34)47-40(53)37(21-30-23-44-35-18-10-8-16-33(30)35)48-42(55)56-26-28-13-5-2-6-14-28/h1-18,22-25,31,36-37,43-44,51H,19-21,26H2,(H,46,52)(H,47,53)(H,48,55)(H,49,54). The highest BCUT2D eigenvalue weighted by Gasteiger charge is 2.30. The molecule has 3 amide bonds. The predicted octanol–water partition coefficient (Wildman–Crippen LogP) is 4.67. The minimum absolute atomic E-state index is 0.00144. The van der Waals surface area contributed by atoms with Crippen LogP contribution in [0.3, 0.4) is 0 Å². The van der Waals surface area contributed by atoms with E-state index in [1.54, 1.807) is 12.4 Å². The maximum atomic E-state index is 14.4. The number of para-hydroxylation sites is 2. The number of imidazole rings is 1. The lowest BCUT2D eigenvalue weighted by Gasteiger charge is -2.25. The smallest absolute Gasteiger partial charge is 0.408 e. The van der Waals surface area contributed by atoms with Crippen LogP contribution in [-0.4, -0.2) is 67.0 Å². The van der Waals surface area contributed by atoms with Gasteiger partial charge in [-0.2, -0.15) is 9.78 Å². The molecule has 0 fully saturated rings. The average Bonchev–Trinajstić information content (AvgIpc) is 3.92. The van der Waals surface area contributed by atoms with E-state index in [0.29, 0.717) is 6.42 Å². The van der Waals surface area contributed by atoms with Gasteiger partial charge in [-0.05, 0) is 40.8 Å². The van der Waals surface area contributed by atoms with Crippen LogP contribution < -0.4 is 21.6 Å². The van der Waals surface area contributed by atoms with E-state index in [2.05, 4.69) is 36.0 Å². The van der Waals surface area contributed by atoms with Gasteiger partial charge in [0, 0.05) is 53.3 Å². The van der Waals surface area contributed by atoms with Crippen LogP contribution in [0, 0.1) is 0 Å². The molecule has 3 aromatic heterocycles. The molecule has 7 rings (SSSR count). The average molecular weight is 753 g/mol. The lowest BCUT2D eigenvalue weighted by molar-refractivity contribution is -0.130. The largest absolute Gasteiger partial charge is 0.493 e. The Hall–Kier alpha value is -7.35. The van der Waals surface area contributed by atoms with Crippen molar-refractivity contribution in [2.75, 3.05) is 0 Å². The van der Waals surface area contributed by atoms with Crippen molar-refractivity contribution in [2.24, 2.45) is 5.10 Å². The SMILES string of the molecule is O=C(NC(Cc1c[nH]c2ccccc12)C(=O)NC(Cc1c[nH]c2ccccc12)C(=O)NC(C=Nn1cc(O)[nH]c1=O)Cc1ccccc1)OCc1ccccc1. The summed E-state index contributed by atoms with van der Waals surface area (Å²) in [4.78, 5) is 62.9. The molecule has 56 heavy (non-hydrogen) atoms. The summed E-state index contributed by atoms with van der Waals surface area (Å²) in [5, 5.41) is 24.4. The molecule has 3 atom stereocenters. The molecule has 14 nitrogen and oxygen atoms in total. The fourth-order valence-electron chi connectivity index (χ4n) is 6.54. The number of nitrogens with zero attached hydrogens (tertiary/aromatic N) is 2. The van der Waals surface area contributed by atoms with Crippen molar-refractivity contribution in [3.8, 4) is 5.88 Å². The van der Waals surface area contributed by atoms with Gasteiger partial charge < -0.3 is 35.8 Å². The maximum Gasteiger partial charge on any atom is 0.408 e. The van der Waals surface area contributed by atoms with Crippen molar-refractivity contribution < 1.29 is 24.2 Å². The van der Waals surface area contributed by atoms with Crippen molar-refractivity contribution in [1.29, 1.82) is 0 Å². The van der Waals surface area contributed by atoms with Crippen molar-refractivity contribution in [3.63, 3.8) is 0 Å². The first-order valence-electron chi connectivity index (χ1n) is 18.1. The zero-order valence-electron chi connectivity index (χ0n) is 30.1. The first-order valence-corrected chi connectivity index (χ1v) is 18.1. The van der Waals surface area contributed by atoms with E-state index >= 15 is 0 Å². The van der Waals surface area contributed by atoms with E-state index in [-0.39, 0.29) is 25.3 Å². The molecule has 7 N–H and O–H groups in total. The number of aromatic hydroxyl groups is 1. The van der Waals surface area contributed by atoms with Gasteiger partial charge in [-0.1, -0.05) is 97.1 Å². The topological polar surface area (TPSA) is 198 Å². The summed E-state index contributed by atoms with van der Waals surface area (Å²) in [5.41, 5.74) is 4.30. The molecule has 14 heteroatoms. The minimum Gasteiger partial charge on any atom is -0.493 e. The number of ether oxygens (including phenoxy) is 1. The number of rotatable bonds is 15. The number of benzene rings is 4. The summed E-state index contributed by atoms with van der Waals surface area (Å²) in [6.07, 6.45) is 5.80. The lowest BCUT2D eigenvalue weighted by Crippen LogP contribution is -2.56. The van der Waals surface area contributed by atoms with Gasteiger partial charge in [0.1, 0.15) is 18.7 Å². The molecule has 0 aliphatic carbocycles. The Morgan fingerprint density at radius 1 is 0.696 bits per heavy atom. The Labute approximate surface area is 320 Å².